The van der Waals surface area contributed by atoms with E-state index in [2.05, 4.69) is 4.74 Å². The van der Waals surface area contributed by atoms with E-state index >= 15 is 0 Å². The lowest BCUT2D eigenvalue weighted by molar-refractivity contribution is -0.259. The van der Waals surface area contributed by atoms with Crippen molar-refractivity contribution >= 4 is 5.97 Å². The van der Waals surface area contributed by atoms with Crippen LogP contribution in [0.15, 0.2) is 30.3 Å². The molecule has 0 heterocycles. The first-order valence-corrected chi connectivity index (χ1v) is 5.47. The summed E-state index contributed by atoms with van der Waals surface area (Å²) in [5.41, 5.74) is 2.26. The summed E-state index contributed by atoms with van der Waals surface area (Å²) in [6.07, 6.45) is -6.20. The maximum absolute atomic E-state index is 12.5. The minimum atomic E-state index is -4.98. The molecule has 0 saturated carbocycles. The van der Waals surface area contributed by atoms with Crippen LogP contribution in [-0.4, -0.2) is 29.4 Å². The van der Waals surface area contributed by atoms with Gasteiger partial charge in [-0.3, -0.25) is 4.79 Å². The Hall–Kier alpha value is -1.60. The topological polar surface area (TPSA) is 72.5 Å². The molecular formula is C12H14F3NO3. The first-order chi connectivity index (χ1) is 8.78. The van der Waals surface area contributed by atoms with E-state index in [0.29, 0.717) is 5.56 Å². The highest BCUT2D eigenvalue weighted by molar-refractivity contribution is 5.71. The molecule has 19 heavy (non-hydrogen) atoms. The SMILES string of the molecule is NCC(O)(CC(=O)OCc1ccccc1)C(F)(F)F. The molecule has 0 saturated heterocycles. The maximum Gasteiger partial charge on any atom is 0.419 e. The van der Waals surface area contributed by atoms with Gasteiger partial charge >= 0.3 is 12.1 Å². The summed E-state index contributed by atoms with van der Waals surface area (Å²) in [5.74, 6) is -1.16. The van der Waals surface area contributed by atoms with Gasteiger partial charge in [-0.05, 0) is 5.56 Å². The van der Waals surface area contributed by atoms with Crippen molar-refractivity contribution in [3.8, 4) is 0 Å². The third kappa shape index (κ3) is 4.22. The van der Waals surface area contributed by atoms with Crippen LogP contribution >= 0.6 is 0 Å². The lowest BCUT2D eigenvalue weighted by Gasteiger charge is -2.27. The molecule has 1 rings (SSSR count). The second-order valence-corrected chi connectivity index (χ2v) is 4.06. The number of benzene rings is 1. The summed E-state index contributed by atoms with van der Waals surface area (Å²) in [6, 6.07) is 8.48. The van der Waals surface area contributed by atoms with Crippen molar-refractivity contribution in [1.29, 1.82) is 0 Å². The molecule has 0 fully saturated rings. The van der Waals surface area contributed by atoms with Gasteiger partial charge in [0.2, 0.25) is 0 Å². The standard InChI is InChI=1S/C12H14F3NO3/c13-12(14,15)11(18,8-16)6-10(17)19-7-9-4-2-1-3-5-9/h1-5,18H,6-8,16H2. The Morgan fingerprint density at radius 2 is 1.84 bits per heavy atom. The van der Waals surface area contributed by atoms with Gasteiger partial charge in [0, 0.05) is 6.54 Å². The normalized spacial score (nSPS) is 14.8. The number of rotatable bonds is 5. The van der Waals surface area contributed by atoms with Gasteiger partial charge in [-0.2, -0.15) is 13.2 Å². The van der Waals surface area contributed by atoms with Gasteiger partial charge in [0.15, 0.2) is 5.60 Å². The molecule has 0 aromatic heterocycles. The molecular weight excluding hydrogens is 263 g/mol. The molecule has 1 atom stereocenters. The molecule has 0 aliphatic heterocycles. The maximum atomic E-state index is 12.5. The molecule has 0 aliphatic carbocycles. The van der Waals surface area contributed by atoms with Gasteiger partial charge in [-0.25, -0.2) is 0 Å². The lowest BCUT2D eigenvalue weighted by atomic mass is 9.99. The van der Waals surface area contributed by atoms with Crippen molar-refractivity contribution < 1.29 is 27.8 Å². The number of alkyl halides is 3. The van der Waals surface area contributed by atoms with Crippen LogP contribution in [0.1, 0.15) is 12.0 Å². The molecule has 1 aromatic rings. The average molecular weight is 277 g/mol. The Morgan fingerprint density at radius 1 is 1.26 bits per heavy atom. The number of hydrogen-bond donors (Lipinski definition) is 2. The summed E-state index contributed by atoms with van der Waals surface area (Å²) in [7, 11) is 0. The van der Waals surface area contributed by atoms with Crippen molar-refractivity contribution in [2.45, 2.75) is 24.8 Å². The van der Waals surface area contributed by atoms with E-state index in [-0.39, 0.29) is 6.61 Å². The zero-order valence-corrected chi connectivity index (χ0v) is 9.98. The van der Waals surface area contributed by atoms with Crippen molar-refractivity contribution in [2.24, 2.45) is 5.73 Å². The molecule has 0 bridgehead atoms. The minimum absolute atomic E-state index is 0.155. The summed E-state index contributed by atoms with van der Waals surface area (Å²) in [6.45, 7) is -1.25. The van der Waals surface area contributed by atoms with Crippen LogP contribution in [0, 0.1) is 0 Å². The fraction of sp³-hybridized carbons (Fsp3) is 0.417. The van der Waals surface area contributed by atoms with Crippen LogP contribution in [0.25, 0.3) is 0 Å². The number of nitrogens with two attached hydrogens (primary N) is 1. The molecule has 0 aliphatic rings. The zero-order chi connectivity index (χ0) is 14.5. The van der Waals surface area contributed by atoms with Gasteiger partial charge in [-0.15, -0.1) is 0 Å². The molecule has 7 heteroatoms. The molecule has 1 aromatic carbocycles. The first kappa shape index (κ1) is 15.5. The lowest BCUT2D eigenvalue weighted by Crippen LogP contribution is -2.52. The van der Waals surface area contributed by atoms with Gasteiger partial charge in [0.25, 0.3) is 0 Å². The van der Waals surface area contributed by atoms with Crippen LogP contribution in [0.2, 0.25) is 0 Å². The predicted molar refractivity (Wildman–Crippen MR) is 60.9 cm³/mol. The summed E-state index contributed by atoms with van der Waals surface area (Å²) in [4.78, 5) is 11.3. The van der Waals surface area contributed by atoms with Crippen LogP contribution in [0.5, 0.6) is 0 Å². The smallest absolute Gasteiger partial charge is 0.419 e. The van der Waals surface area contributed by atoms with Crippen molar-refractivity contribution in [3.63, 3.8) is 0 Å². The fourth-order valence-electron chi connectivity index (χ4n) is 1.32. The quantitative estimate of drug-likeness (QED) is 0.797. The summed E-state index contributed by atoms with van der Waals surface area (Å²) < 4.78 is 42.1. The Balaban J connectivity index is 2.55. The third-order valence-corrected chi connectivity index (χ3v) is 2.54. The van der Waals surface area contributed by atoms with E-state index in [0.717, 1.165) is 0 Å². The van der Waals surface area contributed by atoms with Gasteiger partial charge < -0.3 is 15.6 Å². The van der Waals surface area contributed by atoms with Gasteiger partial charge in [0.05, 0.1) is 6.42 Å². The van der Waals surface area contributed by atoms with Gasteiger partial charge in [0.1, 0.15) is 6.61 Å². The number of esters is 1. The number of ether oxygens (including phenoxy) is 1. The van der Waals surface area contributed by atoms with E-state index in [1.165, 1.54) is 0 Å². The predicted octanol–water partition coefficient (Wildman–Crippen LogP) is 1.37. The first-order valence-electron chi connectivity index (χ1n) is 5.47. The highest BCUT2D eigenvalue weighted by Gasteiger charge is 2.54. The highest BCUT2D eigenvalue weighted by atomic mass is 19.4. The molecule has 106 valence electrons. The minimum Gasteiger partial charge on any atom is -0.461 e. The third-order valence-electron chi connectivity index (χ3n) is 2.54. The van der Waals surface area contributed by atoms with E-state index < -0.39 is 30.7 Å². The van der Waals surface area contributed by atoms with Gasteiger partial charge in [-0.1, -0.05) is 30.3 Å². The van der Waals surface area contributed by atoms with Crippen molar-refractivity contribution in [2.75, 3.05) is 6.54 Å². The van der Waals surface area contributed by atoms with Crippen molar-refractivity contribution in [3.05, 3.63) is 35.9 Å². The van der Waals surface area contributed by atoms with Crippen LogP contribution in [0.4, 0.5) is 13.2 Å². The molecule has 0 amide bonds. The fourth-order valence-corrected chi connectivity index (χ4v) is 1.32. The number of carbonyl (C=O) groups is 1. The molecule has 1 unspecified atom stereocenters. The number of halogens is 3. The molecule has 0 spiro atoms. The van der Waals surface area contributed by atoms with Crippen LogP contribution in [-0.2, 0) is 16.1 Å². The largest absolute Gasteiger partial charge is 0.461 e. The second-order valence-electron chi connectivity index (χ2n) is 4.06. The number of carbonyl (C=O) groups excluding carboxylic acids is 1. The average Bonchev–Trinajstić information content (AvgIpc) is 2.36. The number of hydrogen-bond acceptors (Lipinski definition) is 4. The Kier molecular flexibility index (Phi) is 4.90. The van der Waals surface area contributed by atoms with Crippen LogP contribution < -0.4 is 5.73 Å². The Morgan fingerprint density at radius 3 is 2.32 bits per heavy atom. The molecule has 0 radical (unpaired) electrons. The Labute approximate surface area is 108 Å². The monoisotopic (exact) mass is 277 g/mol. The molecule has 4 nitrogen and oxygen atoms in total. The van der Waals surface area contributed by atoms with Crippen molar-refractivity contribution in [1.82, 2.24) is 0 Å². The van der Waals surface area contributed by atoms with E-state index in [4.69, 9.17) is 5.73 Å². The van der Waals surface area contributed by atoms with E-state index in [1.807, 2.05) is 0 Å². The highest BCUT2D eigenvalue weighted by Crippen LogP contribution is 2.32. The summed E-state index contributed by atoms with van der Waals surface area (Å²) in [5, 5.41) is 9.27. The van der Waals surface area contributed by atoms with Crippen LogP contribution in [0.3, 0.4) is 0 Å². The zero-order valence-electron chi connectivity index (χ0n) is 9.98. The Bertz CT molecular complexity index is 422. The summed E-state index contributed by atoms with van der Waals surface area (Å²) >= 11 is 0. The molecule has 3 N–H and O–H groups in total. The number of aliphatic hydroxyl groups is 1. The van der Waals surface area contributed by atoms with E-state index in [1.54, 1.807) is 30.3 Å². The second kappa shape index (κ2) is 6.03. The van der Waals surface area contributed by atoms with E-state index in [9.17, 15) is 23.1 Å².